The van der Waals surface area contributed by atoms with E-state index in [0.29, 0.717) is 19.4 Å². The third-order valence-electron chi connectivity index (χ3n) is 9.92. The van der Waals surface area contributed by atoms with Gasteiger partial charge < -0.3 is 43.9 Å². The van der Waals surface area contributed by atoms with Crippen molar-refractivity contribution in [2.45, 2.75) is 141 Å². The Balaban J connectivity index is 2.01. The molecule has 0 radical (unpaired) electrons. The topological polar surface area (TPSA) is 147 Å². The Morgan fingerprint density at radius 1 is 1.05 bits per heavy atom. The number of aliphatic hydroxyl groups excluding tert-OH is 2. The van der Waals surface area contributed by atoms with E-state index in [1.54, 1.807) is 27.7 Å². The van der Waals surface area contributed by atoms with Crippen molar-refractivity contribution in [2.75, 3.05) is 27.7 Å². The van der Waals surface area contributed by atoms with Crippen LogP contribution in [0.25, 0.3) is 0 Å². The van der Waals surface area contributed by atoms with Crippen molar-refractivity contribution < 1.29 is 48.6 Å². The Labute approximate surface area is 256 Å². The van der Waals surface area contributed by atoms with Gasteiger partial charge in [0.05, 0.1) is 29.8 Å². The number of hydrogen-bond donors (Lipinski definition) is 3. The predicted molar refractivity (Wildman–Crippen MR) is 158 cm³/mol. The molecule has 0 aromatic rings. The van der Waals surface area contributed by atoms with E-state index in [9.17, 15) is 24.9 Å². The molecular formula is C31H56N2O10. The third-order valence-corrected chi connectivity index (χ3v) is 9.92. The first kappa shape index (κ1) is 35.9. The standard InChI is InChI=1S/C31H56N2O10/c1-12-22-31(8)26(42-29(37)43-31)20(6)33(11)15-16(2)14-30(7,38)25(18(4)23(34)19(5)27(36)40-22)41-28-24(35)21(32(9)10)13-17(3)39-28/h16-26,28,34-35,38H,12-15H2,1-11H3/t16-,17-,18+,19-,20-,21+,22-,23+,24-,25-,26-,28+,30-,31-/m1/s1. The molecule has 14 atom stereocenters. The molecule has 3 N–H and O–H groups in total. The van der Waals surface area contributed by atoms with E-state index in [4.69, 9.17) is 23.7 Å². The molecule has 12 nitrogen and oxygen atoms in total. The van der Waals surface area contributed by atoms with Crippen LogP contribution in [0.15, 0.2) is 0 Å². The van der Waals surface area contributed by atoms with E-state index in [2.05, 4.69) is 0 Å². The quantitative estimate of drug-likeness (QED) is 0.398. The summed E-state index contributed by atoms with van der Waals surface area (Å²) in [6.07, 6.45) is -5.70. The minimum absolute atomic E-state index is 0.0739. The number of carbonyl (C=O) groups is 2. The van der Waals surface area contributed by atoms with Gasteiger partial charge in [0.15, 0.2) is 18.0 Å². The SMILES string of the molecule is CC[C@H]1OC(=O)[C@H](C)[C@@H](O)[C@H](C)[C@@H](O[C@@H]2O[C@H](C)C[C@H](N(C)C)[C@H]2O)[C@](C)(O)C[C@@H](C)CN(C)[C@H](C)[C@H]2OC(=O)O[C@@]21C. The minimum atomic E-state index is -1.49. The summed E-state index contributed by atoms with van der Waals surface area (Å²) >= 11 is 0. The Morgan fingerprint density at radius 3 is 2.26 bits per heavy atom. The molecule has 0 unspecified atom stereocenters. The van der Waals surface area contributed by atoms with Gasteiger partial charge in [-0.3, -0.25) is 9.69 Å². The molecule has 3 saturated heterocycles. The molecule has 0 aromatic heterocycles. The number of esters is 1. The molecule has 0 aromatic carbocycles. The first-order valence-electron chi connectivity index (χ1n) is 15.7. The molecule has 3 aliphatic heterocycles. The van der Waals surface area contributed by atoms with Crippen molar-refractivity contribution in [3.63, 3.8) is 0 Å². The van der Waals surface area contributed by atoms with Crippen LogP contribution in [-0.2, 0) is 28.5 Å². The van der Waals surface area contributed by atoms with Gasteiger partial charge in [-0.15, -0.1) is 0 Å². The lowest BCUT2D eigenvalue weighted by Crippen LogP contribution is -2.59. The summed E-state index contributed by atoms with van der Waals surface area (Å²) < 4.78 is 29.7. The molecule has 3 aliphatic rings. The number of carbonyl (C=O) groups excluding carboxylic acids is 2. The van der Waals surface area contributed by atoms with E-state index in [0.717, 1.165) is 0 Å². The van der Waals surface area contributed by atoms with Crippen LogP contribution in [0.4, 0.5) is 4.79 Å². The van der Waals surface area contributed by atoms with Crippen LogP contribution in [0.2, 0.25) is 0 Å². The number of cyclic esters (lactones) is 1. The molecule has 0 aliphatic carbocycles. The number of fused-ring (bicyclic) bond motifs is 1. The largest absolute Gasteiger partial charge is 0.509 e. The van der Waals surface area contributed by atoms with Gasteiger partial charge in [0, 0.05) is 24.5 Å². The summed E-state index contributed by atoms with van der Waals surface area (Å²) in [6, 6.07) is -0.543. The highest BCUT2D eigenvalue weighted by atomic mass is 16.8. The van der Waals surface area contributed by atoms with Gasteiger partial charge in [0.2, 0.25) is 0 Å². The molecule has 3 heterocycles. The highest BCUT2D eigenvalue weighted by Crippen LogP contribution is 2.39. The first-order valence-corrected chi connectivity index (χ1v) is 15.7. The van der Waals surface area contributed by atoms with E-state index in [1.807, 2.05) is 58.6 Å². The van der Waals surface area contributed by atoms with Gasteiger partial charge in [-0.1, -0.05) is 20.8 Å². The molecule has 0 saturated carbocycles. The van der Waals surface area contributed by atoms with Crippen LogP contribution in [0.1, 0.15) is 74.7 Å². The Morgan fingerprint density at radius 2 is 1.67 bits per heavy atom. The fourth-order valence-corrected chi connectivity index (χ4v) is 7.35. The zero-order chi connectivity index (χ0) is 32.6. The molecule has 12 heteroatoms. The summed E-state index contributed by atoms with van der Waals surface area (Å²) in [7, 11) is 5.67. The van der Waals surface area contributed by atoms with Crippen LogP contribution in [0, 0.1) is 17.8 Å². The minimum Gasteiger partial charge on any atom is -0.458 e. The second kappa shape index (κ2) is 13.8. The van der Waals surface area contributed by atoms with E-state index in [-0.39, 0.29) is 30.5 Å². The molecule has 3 fully saturated rings. The van der Waals surface area contributed by atoms with Gasteiger partial charge >= 0.3 is 12.1 Å². The van der Waals surface area contributed by atoms with Crippen LogP contribution in [0.5, 0.6) is 0 Å². The van der Waals surface area contributed by atoms with E-state index >= 15 is 0 Å². The monoisotopic (exact) mass is 616 g/mol. The fourth-order valence-electron chi connectivity index (χ4n) is 7.35. The van der Waals surface area contributed by atoms with Crippen molar-refractivity contribution in [2.24, 2.45) is 17.8 Å². The number of likely N-dealkylation sites (N-methyl/N-ethyl adjacent to an activating group) is 2. The molecule has 0 spiro atoms. The average Bonchev–Trinajstić information content (AvgIpc) is 3.22. The predicted octanol–water partition coefficient (Wildman–Crippen LogP) is 2.16. The van der Waals surface area contributed by atoms with Gasteiger partial charge in [0.25, 0.3) is 0 Å². The molecule has 3 rings (SSSR count). The lowest BCUT2D eigenvalue weighted by atomic mass is 9.78. The second-order valence-corrected chi connectivity index (χ2v) is 14.0. The number of hydrogen-bond acceptors (Lipinski definition) is 12. The number of aliphatic hydroxyl groups is 3. The lowest BCUT2D eigenvalue weighted by Gasteiger charge is -2.46. The smallest absolute Gasteiger partial charge is 0.458 e. The zero-order valence-corrected chi connectivity index (χ0v) is 27.9. The summed E-state index contributed by atoms with van der Waals surface area (Å²) in [6.45, 7) is 14.8. The second-order valence-electron chi connectivity index (χ2n) is 14.0. The van der Waals surface area contributed by atoms with Crippen molar-refractivity contribution in [3.8, 4) is 0 Å². The summed E-state index contributed by atoms with van der Waals surface area (Å²) in [5, 5.41) is 34.8. The van der Waals surface area contributed by atoms with Crippen molar-refractivity contribution in [1.82, 2.24) is 9.80 Å². The van der Waals surface area contributed by atoms with Crippen molar-refractivity contribution in [1.29, 1.82) is 0 Å². The van der Waals surface area contributed by atoms with E-state index < -0.39 is 72.0 Å². The van der Waals surface area contributed by atoms with Gasteiger partial charge in [0.1, 0.15) is 12.2 Å². The third kappa shape index (κ3) is 7.65. The summed E-state index contributed by atoms with van der Waals surface area (Å²) in [4.78, 5) is 29.9. The maximum absolute atomic E-state index is 13.5. The molecule has 0 amide bonds. The highest BCUT2D eigenvalue weighted by molar-refractivity contribution is 5.73. The maximum atomic E-state index is 13.5. The molecular weight excluding hydrogens is 560 g/mol. The maximum Gasteiger partial charge on any atom is 0.509 e. The van der Waals surface area contributed by atoms with Gasteiger partial charge in [-0.05, 0) is 80.9 Å². The summed E-state index contributed by atoms with van der Waals surface area (Å²) in [5.74, 6) is -2.53. The molecule has 0 bridgehead atoms. The average molecular weight is 617 g/mol. The lowest BCUT2D eigenvalue weighted by molar-refractivity contribution is -0.299. The van der Waals surface area contributed by atoms with Crippen LogP contribution < -0.4 is 0 Å². The molecule has 250 valence electrons. The number of rotatable bonds is 4. The summed E-state index contributed by atoms with van der Waals surface area (Å²) in [5.41, 5.74) is -2.74. The first-order chi connectivity index (χ1) is 19.8. The Bertz CT molecular complexity index is 965. The fraction of sp³-hybridized carbons (Fsp3) is 0.935. The Hall–Kier alpha value is -1.54. The molecule has 43 heavy (non-hydrogen) atoms. The van der Waals surface area contributed by atoms with Crippen molar-refractivity contribution in [3.05, 3.63) is 0 Å². The highest BCUT2D eigenvalue weighted by Gasteiger charge is 2.57. The van der Waals surface area contributed by atoms with Gasteiger partial charge in [-0.25, -0.2) is 4.79 Å². The normalized spacial score (nSPS) is 47.6. The number of nitrogens with zero attached hydrogens (tertiary/aromatic N) is 2. The van der Waals surface area contributed by atoms with Crippen LogP contribution >= 0.6 is 0 Å². The van der Waals surface area contributed by atoms with Gasteiger partial charge in [-0.2, -0.15) is 0 Å². The van der Waals surface area contributed by atoms with Crippen LogP contribution in [0.3, 0.4) is 0 Å². The van der Waals surface area contributed by atoms with Crippen molar-refractivity contribution >= 4 is 12.1 Å². The Kier molecular flexibility index (Phi) is 11.6. The zero-order valence-electron chi connectivity index (χ0n) is 27.9. The van der Waals surface area contributed by atoms with Crippen LogP contribution in [-0.4, -0.2) is 131 Å². The number of ether oxygens (including phenoxy) is 5. The van der Waals surface area contributed by atoms with E-state index in [1.165, 1.54) is 0 Å².